The molecule has 0 aliphatic heterocycles. The molecule has 0 heterocycles. The van der Waals surface area contributed by atoms with Crippen LogP contribution in [0.5, 0.6) is 0 Å². The van der Waals surface area contributed by atoms with Crippen LogP contribution in [0.25, 0.3) is 77.9 Å². The number of aryl methyl sites for hydroxylation is 2. The van der Waals surface area contributed by atoms with Crippen LogP contribution in [0.1, 0.15) is 35.1 Å². The first-order valence-corrected chi connectivity index (χ1v) is 23.1. The first-order chi connectivity index (χ1) is 32.2. The number of hydrogen-bond donors (Lipinski definition) is 0. The highest BCUT2D eigenvalue weighted by Gasteiger charge is 2.43. The molecule has 1 aliphatic rings. The molecule has 0 nitrogen and oxygen atoms in total. The lowest BCUT2D eigenvalue weighted by molar-refractivity contribution is 0.446. The minimum absolute atomic E-state index is 0.191. The molecule has 0 saturated carbocycles. The first kappa shape index (κ1) is 40.0. The molecule has 0 fully saturated rings. The number of rotatable bonds is 12. The quantitative estimate of drug-likeness (QED) is 0.115. The average Bonchev–Trinajstić information content (AvgIpc) is 3.66. The fourth-order valence-corrected chi connectivity index (χ4v) is 10.2. The van der Waals surface area contributed by atoms with E-state index < -0.39 is 0 Å². The highest BCUT2D eigenvalue weighted by Crippen LogP contribution is 2.55. The molecule has 10 aromatic carbocycles. The van der Waals surface area contributed by atoms with Gasteiger partial charge in [0.05, 0.1) is 0 Å². The normalized spacial score (nSPS) is 12.4. The highest BCUT2D eigenvalue weighted by atomic mass is 14.5. The molecule has 0 amide bonds. The van der Waals surface area contributed by atoms with Gasteiger partial charge in [-0.15, -0.1) is 0 Å². The highest BCUT2D eigenvalue weighted by molar-refractivity contribution is 5.87. The summed E-state index contributed by atoms with van der Waals surface area (Å²) >= 11 is 0. The summed E-state index contributed by atoms with van der Waals surface area (Å²) in [7, 11) is 0. The molecule has 0 bridgehead atoms. The van der Waals surface area contributed by atoms with Gasteiger partial charge in [0.1, 0.15) is 0 Å². The van der Waals surface area contributed by atoms with Gasteiger partial charge in [0, 0.05) is 5.41 Å². The Hall–Kier alpha value is -7.80. The Morgan fingerprint density at radius 3 is 0.738 bits per heavy atom. The Labute approximate surface area is 384 Å². The van der Waals surface area contributed by atoms with Crippen molar-refractivity contribution in [2.75, 3.05) is 0 Å². The van der Waals surface area contributed by atoms with Crippen molar-refractivity contribution in [2.45, 2.75) is 31.1 Å². The summed E-state index contributed by atoms with van der Waals surface area (Å²) in [5, 5.41) is 0. The third-order valence-electron chi connectivity index (χ3n) is 13.8. The van der Waals surface area contributed by atoms with E-state index >= 15 is 0 Å². The van der Waals surface area contributed by atoms with Gasteiger partial charge in [-0.2, -0.15) is 0 Å². The molecule has 10 aromatic rings. The molecule has 11 rings (SSSR count). The summed E-state index contributed by atoms with van der Waals surface area (Å²) in [6.45, 7) is 0. The topological polar surface area (TPSA) is 0 Å². The zero-order chi connectivity index (χ0) is 43.4. The van der Waals surface area contributed by atoms with E-state index in [1.807, 2.05) is 0 Å². The summed E-state index contributed by atoms with van der Waals surface area (Å²) in [5.74, 6) is 0. The molecular weight excluding hydrogens is 781 g/mol. The van der Waals surface area contributed by atoms with Crippen molar-refractivity contribution in [3.8, 4) is 77.9 Å². The van der Waals surface area contributed by atoms with E-state index in [2.05, 4.69) is 255 Å². The second-order valence-electron chi connectivity index (χ2n) is 17.6. The van der Waals surface area contributed by atoms with Crippen LogP contribution < -0.4 is 0 Å². The van der Waals surface area contributed by atoms with Crippen LogP contribution >= 0.6 is 0 Å². The molecule has 0 aromatic heterocycles. The fourth-order valence-electron chi connectivity index (χ4n) is 10.2. The Balaban J connectivity index is 0.954. The van der Waals surface area contributed by atoms with Crippen LogP contribution in [0.2, 0.25) is 0 Å². The SMILES string of the molecule is c1ccc(CCC2(CCc3ccccc3)c3cc(-c4ccc(-c5ccc(-c6ccccc6)cc5)cc4)ccc3-c3ccc(-c4ccc(-c5ccc(-c6ccccc6)cc5)cc4)cc32)cc1. The summed E-state index contributed by atoms with van der Waals surface area (Å²) in [6, 6.07) is 94.2. The maximum atomic E-state index is 2.53. The predicted molar refractivity (Wildman–Crippen MR) is 275 cm³/mol. The van der Waals surface area contributed by atoms with Gasteiger partial charge in [0.15, 0.2) is 0 Å². The predicted octanol–water partition coefficient (Wildman–Crippen LogP) is 17.2. The second-order valence-corrected chi connectivity index (χ2v) is 17.6. The van der Waals surface area contributed by atoms with Gasteiger partial charge in [0.25, 0.3) is 0 Å². The average molecular weight is 831 g/mol. The van der Waals surface area contributed by atoms with E-state index in [-0.39, 0.29) is 5.41 Å². The van der Waals surface area contributed by atoms with Crippen molar-refractivity contribution in [3.05, 3.63) is 277 Å². The zero-order valence-corrected chi connectivity index (χ0v) is 36.6. The van der Waals surface area contributed by atoms with Crippen molar-refractivity contribution in [1.29, 1.82) is 0 Å². The number of fused-ring (bicyclic) bond motifs is 3. The van der Waals surface area contributed by atoms with Crippen molar-refractivity contribution < 1.29 is 0 Å². The summed E-state index contributed by atoms with van der Waals surface area (Å²) in [6.07, 6.45) is 4.04. The van der Waals surface area contributed by atoms with E-state index in [9.17, 15) is 0 Å². The molecular formula is C65H50. The lowest BCUT2D eigenvalue weighted by atomic mass is 9.69. The summed E-state index contributed by atoms with van der Waals surface area (Å²) in [4.78, 5) is 0. The molecule has 1 aliphatic carbocycles. The molecule has 0 radical (unpaired) electrons. The lowest BCUT2D eigenvalue weighted by Gasteiger charge is -2.33. The fraction of sp³-hybridized carbons (Fsp3) is 0.0769. The minimum atomic E-state index is -0.191. The zero-order valence-electron chi connectivity index (χ0n) is 36.6. The standard InChI is InChI=1S/C65H50/c1-5-13-47(14-6-1)41-43-65(44-42-48-15-7-2-8-16-48)63-45-59(57-33-29-55(30-34-57)53-25-21-51(22-26-53)49-17-9-3-10-18-49)37-39-61(63)62-40-38-60(46-64(62)65)58-35-31-56(32-36-58)54-27-23-52(24-28-54)50-19-11-4-12-20-50/h1-40,45-46H,41-44H2. The molecule has 0 N–H and O–H groups in total. The van der Waals surface area contributed by atoms with Gasteiger partial charge in [0.2, 0.25) is 0 Å². The molecule has 0 saturated heterocycles. The maximum Gasteiger partial charge on any atom is 0.0222 e. The van der Waals surface area contributed by atoms with E-state index in [0.717, 1.165) is 25.7 Å². The van der Waals surface area contributed by atoms with E-state index in [0.29, 0.717) is 0 Å². The van der Waals surface area contributed by atoms with Crippen molar-refractivity contribution in [1.82, 2.24) is 0 Å². The van der Waals surface area contributed by atoms with Gasteiger partial charge >= 0.3 is 0 Å². The van der Waals surface area contributed by atoms with Crippen LogP contribution in [0.15, 0.2) is 255 Å². The largest absolute Gasteiger partial charge is 0.0622 e. The van der Waals surface area contributed by atoms with E-state index in [4.69, 9.17) is 0 Å². The Morgan fingerprint density at radius 1 is 0.215 bits per heavy atom. The van der Waals surface area contributed by atoms with Crippen LogP contribution in [0.3, 0.4) is 0 Å². The second kappa shape index (κ2) is 17.8. The summed E-state index contributed by atoms with van der Waals surface area (Å²) in [5.41, 5.74) is 23.1. The van der Waals surface area contributed by atoms with Gasteiger partial charge in [-0.3, -0.25) is 0 Å². The summed E-state index contributed by atoms with van der Waals surface area (Å²) < 4.78 is 0. The molecule has 65 heavy (non-hydrogen) atoms. The van der Waals surface area contributed by atoms with Crippen molar-refractivity contribution >= 4 is 0 Å². The van der Waals surface area contributed by atoms with E-state index in [1.54, 1.807) is 0 Å². The Bertz CT molecular complexity index is 2940. The minimum Gasteiger partial charge on any atom is -0.0622 e. The van der Waals surface area contributed by atoms with Gasteiger partial charge in [-0.05, 0) is 138 Å². The molecule has 0 spiro atoms. The Kier molecular flexibility index (Phi) is 10.9. The third kappa shape index (κ3) is 8.16. The molecule has 0 atom stereocenters. The van der Waals surface area contributed by atoms with Gasteiger partial charge in [-0.1, -0.05) is 243 Å². The van der Waals surface area contributed by atoms with Crippen molar-refractivity contribution in [2.24, 2.45) is 0 Å². The number of hydrogen-bond acceptors (Lipinski definition) is 0. The Morgan fingerprint density at radius 2 is 0.446 bits per heavy atom. The monoisotopic (exact) mass is 830 g/mol. The van der Waals surface area contributed by atoms with Gasteiger partial charge < -0.3 is 0 Å². The third-order valence-corrected chi connectivity index (χ3v) is 13.8. The lowest BCUT2D eigenvalue weighted by Crippen LogP contribution is -2.27. The number of benzene rings is 10. The smallest absolute Gasteiger partial charge is 0.0222 e. The van der Waals surface area contributed by atoms with E-state index in [1.165, 1.54) is 100 Å². The van der Waals surface area contributed by atoms with Crippen molar-refractivity contribution in [3.63, 3.8) is 0 Å². The maximum absolute atomic E-state index is 2.53. The van der Waals surface area contributed by atoms with Crippen LogP contribution in [-0.2, 0) is 18.3 Å². The molecule has 310 valence electrons. The van der Waals surface area contributed by atoms with Gasteiger partial charge in [-0.25, -0.2) is 0 Å². The first-order valence-electron chi connectivity index (χ1n) is 23.1. The van der Waals surface area contributed by atoms with Crippen LogP contribution in [-0.4, -0.2) is 0 Å². The molecule has 0 heteroatoms. The van der Waals surface area contributed by atoms with Crippen LogP contribution in [0, 0.1) is 0 Å². The van der Waals surface area contributed by atoms with Crippen LogP contribution in [0.4, 0.5) is 0 Å². The molecule has 0 unspecified atom stereocenters.